The number of ether oxygens (including phenoxy) is 1. The number of hydrogen-bond acceptors (Lipinski definition) is 4. The monoisotopic (exact) mass is 291 g/mol. The Bertz CT molecular complexity index is 592. The Hall–Kier alpha value is -1.22. The van der Waals surface area contributed by atoms with Crippen LogP contribution in [0.4, 0.5) is 13.2 Å². The van der Waals surface area contributed by atoms with Gasteiger partial charge in [-0.3, -0.25) is 4.79 Å². The van der Waals surface area contributed by atoms with Gasteiger partial charge in [0, 0.05) is 22.4 Å². The van der Waals surface area contributed by atoms with E-state index in [0.29, 0.717) is 0 Å². The third-order valence-electron chi connectivity index (χ3n) is 1.65. The highest BCUT2D eigenvalue weighted by molar-refractivity contribution is 8.13. The van der Waals surface area contributed by atoms with Crippen molar-refractivity contribution in [3.8, 4) is 5.88 Å². The summed E-state index contributed by atoms with van der Waals surface area (Å²) in [6.07, 6.45) is -4.26. The van der Waals surface area contributed by atoms with Gasteiger partial charge in [0.1, 0.15) is 0 Å². The Morgan fingerprint density at radius 2 is 1.94 bits per heavy atom. The maximum Gasteiger partial charge on any atom is 0.574 e. The van der Waals surface area contributed by atoms with Gasteiger partial charge in [-0.25, -0.2) is 8.42 Å². The molecule has 1 N–H and O–H groups in total. The molecule has 0 fully saturated rings. The Labute approximate surface area is 97.6 Å². The smallest absolute Gasteiger partial charge is 0.388 e. The Kier molecular flexibility index (Phi) is 3.44. The van der Waals surface area contributed by atoms with Crippen molar-refractivity contribution in [2.75, 3.05) is 0 Å². The number of pyridine rings is 1. The van der Waals surface area contributed by atoms with Crippen LogP contribution in [0.2, 0.25) is 0 Å². The molecular formula is C7H5ClF3NO4S. The molecule has 1 aromatic heterocycles. The van der Waals surface area contributed by atoms with Gasteiger partial charge in [0.15, 0.2) is 4.90 Å². The zero-order valence-corrected chi connectivity index (χ0v) is 9.70. The molecule has 0 bridgehead atoms. The molecule has 0 aliphatic carbocycles. The number of nitrogens with one attached hydrogen (secondary N) is 1. The fourth-order valence-electron chi connectivity index (χ4n) is 1.00. The number of aromatic amines is 1. The van der Waals surface area contributed by atoms with E-state index in [0.717, 1.165) is 6.20 Å². The van der Waals surface area contributed by atoms with Gasteiger partial charge in [-0.15, -0.1) is 13.2 Å². The minimum Gasteiger partial charge on any atom is -0.388 e. The normalized spacial score (nSPS) is 12.5. The van der Waals surface area contributed by atoms with Crippen LogP contribution in [-0.2, 0) is 9.05 Å². The number of hydrogen-bond donors (Lipinski definition) is 1. The van der Waals surface area contributed by atoms with E-state index in [1.807, 2.05) is 4.98 Å². The molecule has 1 aromatic rings. The van der Waals surface area contributed by atoms with E-state index >= 15 is 0 Å². The summed E-state index contributed by atoms with van der Waals surface area (Å²) < 4.78 is 61.3. The largest absolute Gasteiger partial charge is 0.574 e. The molecule has 96 valence electrons. The first-order chi connectivity index (χ1) is 7.52. The maximum absolute atomic E-state index is 12.0. The third kappa shape index (κ3) is 3.37. The summed E-state index contributed by atoms with van der Waals surface area (Å²) in [5.74, 6) is -1.26. The van der Waals surface area contributed by atoms with E-state index < -0.39 is 31.6 Å². The first-order valence-corrected chi connectivity index (χ1v) is 6.26. The van der Waals surface area contributed by atoms with Crippen LogP contribution in [-0.4, -0.2) is 19.8 Å². The van der Waals surface area contributed by atoms with Gasteiger partial charge in [-0.05, 0) is 6.92 Å². The minimum absolute atomic E-state index is 0.112. The standard InChI is InChI=1S/C7H5ClF3NO4S/c1-3-2-12-6(16-7(9,10)11)5(4(3)13)17(8,14)15/h2H,1H3,(H,12,13). The molecular weight excluding hydrogens is 287 g/mol. The molecule has 0 unspecified atom stereocenters. The summed E-state index contributed by atoms with van der Waals surface area (Å²) in [5.41, 5.74) is -1.27. The van der Waals surface area contributed by atoms with Crippen LogP contribution in [0.5, 0.6) is 5.88 Å². The summed E-state index contributed by atoms with van der Waals surface area (Å²) >= 11 is 0. The lowest BCUT2D eigenvalue weighted by molar-refractivity contribution is -0.277. The van der Waals surface area contributed by atoms with Crippen LogP contribution in [0, 0.1) is 6.92 Å². The molecule has 0 atom stereocenters. The van der Waals surface area contributed by atoms with Gasteiger partial charge in [0.25, 0.3) is 9.05 Å². The van der Waals surface area contributed by atoms with Gasteiger partial charge >= 0.3 is 6.36 Å². The number of aryl methyl sites for hydroxylation is 1. The van der Waals surface area contributed by atoms with E-state index in [1.54, 1.807) is 0 Å². The fraction of sp³-hybridized carbons (Fsp3) is 0.286. The van der Waals surface area contributed by atoms with Crippen molar-refractivity contribution >= 4 is 19.7 Å². The number of rotatable bonds is 2. The molecule has 17 heavy (non-hydrogen) atoms. The average Bonchev–Trinajstić information content (AvgIpc) is 2.06. The molecule has 0 radical (unpaired) electrons. The summed E-state index contributed by atoms with van der Waals surface area (Å²) in [4.78, 5) is 12.0. The van der Waals surface area contributed by atoms with Gasteiger partial charge in [-0.2, -0.15) is 0 Å². The quantitative estimate of drug-likeness (QED) is 0.838. The molecule has 0 aliphatic heterocycles. The fourth-order valence-corrected chi connectivity index (χ4v) is 2.12. The lowest BCUT2D eigenvalue weighted by Gasteiger charge is -2.11. The lowest BCUT2D eigenvalue weighted by atomic mass is 10.3. The van der Waals surface area contributed by atoms with Crippen molar-refractivity contribution in [2.24, 2.45) is 0 Å². The molecule has 10 heteroatoms. The highest BCUT2D eigenvalue weighted by Crippen LogP contribution is 2.27. The average molecular weight is 292 g/mol. The zero-order chi connectivity index (χ0) is 13.4. The highest BCUT2D eigenvalue weighted by atomic mass is 35.7. The Morgan fingerprint density at radius 1 is 1.41 bits per heavy atom. The molecule has 5 nitrogen and oxygen atoms in total. The molecule has 0 saturated carbocycles. The number of halogens is 4. The second kappa shape index (κ2) is 4.22. The van der Waals surface area contributed by atoms with Crippen LogP contribution in [0.15, 0.2) is 15.9 Å². The maximum atomic E-state index is 12.0. The molecule has 0 aromatic carbocycles. The van der Waals surface area contributed by atoms with Crippen molar-refractivity contribution in [3.63, 3.8) is 0 Å². The van der Waals surface area contributed by atoms with E-state index in [-0.39, 0.29) is 5.56 Å². The van der Waals surface area contributed by atoms with Crippen molar-refractivity contribution in [2.45, 2.75) is 18.2 Å². The number of aromatic nitrogens is 1. The van der Waals surface area contributed by atoms with E-state index in [9.17, 15) is 26.4 Å². The summed E-state index contributed by atoms with van der Waals surface area (Å²) in [6.45, 7) is 1.21. The topological polar surface area (TPSA) is 76.2 Å². The summed E-state index contributed by atoms with van der Waals surface area (Å²) in [7, 11) is 0.219. The van der Waals surface area contributed by atoms with Gasteiger partial charge in [-0.1, -0.05) is 0 Å². The molecule has 0 aliphatic rings. The molecule has 0 amide bonds. The van der Waals surface area contributed by atoms with Gasteiger partial charge in [0.05, 0.1) is 0 Å². The first-order valence-electron chi connectivity index (χ1n) is 3.95. The zero-order valence-electron chi connectivity index (χ0n) is 8.13. The van der Waals surface area contributed by atoms with Crippen molar-refractivity contribution in [1.29, 1.82) is 0 Å². The van der Waals surface area contributed by atoms with E-state index in [4.69, 9.17) is 10.7 Å². The molecule has 0 spiro atoms. The SMILES string of the molecule is Cc1c[nH]c(OC(F)(F)F)c(S(=O)(=O)Cl)c1=O. The van der Waals surface area contributed by atoms with E-state index in [2.05, 4.69) is 4.74 Å². The lowest BCUT2D eigenvalue weighted by Crippen LogP contribution is -2.23. The van der Waals surface area contributed by atoms with Crippen molar-refractivity contribution < 1.29 is 26.3 Å². The van der Waals surface area contributed by atoms with Crippen molar-refractivity contribution in [3.05, 3.63) is 22.0 Å². The van der Waals surface area contributed by atoms with E-state index in [1.165, 1.54) is 6.92 Å². The summed E-state index contributed by atoms with van der Waals surface area (Å²) in [6, 6.07) is 0. The number of H-pyrrole nitrogens is 1. The summed E-state index contributed by atoms with van der Waals surface area (Å²) in [5, 5.41) is 0. The van der Waals surface area contributed by atoms with Crippen LogP contribution in [0.25, 0.3) is 0 Å². The predicted octanol–water partition coefficient (Wildman–Crippen LogP) is 1.51. The Balaban J connectivity index is 3.54. The van der Waals surface area contributed by atoms with Crippen LogP contribution < -0.4 is 10.2 Å². The highest BCUT2D eigenvalue weighted by Gasteiger charge is 2.35. The molecule has 1 heterocycles. The van der Waals surface area contributed by atoms with Gasteiger partial charge < -0.3 is 9.72 Å². The van der Waals surface area contributed by atoms with Crippen LogP contribution in [0.1, 0.15) is 5.56 Å². The van der Waals surface area contributed by atoms with Crippen LogP contribution >= 0.6 is 10.7 Å². The van der Waals surface area contributed by atoms with Crippen molar-refractivity contribution in [1.82, 2.24) is 4.98 Å². The van der Waals surface area contributed by atoms with Gasteiger partial charge in [0.2, 0.25) is 11.3 Å². The third-order valence-corrected chi connectivity index (χ3v) is 2.97. The predicted molar refractivity (Wildman–Crippen MR) is 51.5 cm³/mol. The first kappa shape index (κ1) is 13.8. The molecule has 0 saturated heterocycles. The number of alkyl halides is 3. The molecule has 1 rings (SSSR count). The second-order valence-electron chi connectivity index (χ2n) is 2.94. The minimum atomic E-state index is -5.14. The second-order valence-corrected chi connectivity index (χ2v) is 5.45. The van der Waals surface area contributed by atoms with Crippen LogP contribution in [0.3, 0.4) is 0 Å². The Morgan fingerprint density at radius 3 is 2.35 bits per heavy atom.